The van der Waals surface area contributed by atoms with Crippen LogP contribution >= 0.6 is 11.6 Å². The van der Waals surface area contributed by atoms with Gasteiger partial charge in [0.2, 0.25) is 0 Å². The van der Waals surface area contributed by atoms with Crippen LogP contribution in [0.5, 0.6) is 5.75 Å². The average molecular weight is 346 g/mol. The Morgan fingerprint density at radius 3 is 2.79 bits per heavy atom. The van der Waals surface area contributed by atoms with Gasteiger partial charge < -0.3 is 9.64 Å². The Kier molecular flexibility index (Phi) is 4.83. The van der Waals surface area contributed by atoms with Crippen molar-refractivity contribution in [2.45, 2.75) is 0 Å². The molecule has 2 aromatic carbocycles. The first-order chi connectivity index (χ1) is 11.6. The first kappa shape index (κ1) is 16.1. The zero-order valence-corrected chi connectivity index (χ0v) is 13.7. The van der Waals surface area contributed by atoms with Gasteiger partial charge in [-0.2, -0.15) is 5.10 Å². The minimum atomic E-state index is -0.162. The fraction of sp³-hybridized carbons (Fsp3) is 0.125. The number of rotatable bonds is 5. The molecule has 8 heteroatoms. The lowest BCUT2D eigenvalue weighted by atomic mass is 10.3. The van der Waals surface area contributed by atoms with E-state index in [1.165, 1.54) is 4.90 Å². The Balaban J connectivity index is 1.60. The first-order valence-electron chi connectivity index (χ1n) is 7.21. The van der Waals surface area contributed by atoms with E-state index in [1.807, 2.05) is 18.2 Å². The highest BCUT2D eigenvalue weighted by Gasteiger charge is 2.13. The number of hydrazine groups is 2. The second kappa shape index (κ2) is 7.20. The number of likely N-dealkylation sites (N-methyl/N-ethyl adjacent to an activating group) is 1. The van der Waals surface area contributed by atoms with Crippen LogP contribution in [0.2, 0.25) is 5.02 Å². The van der Waals surface area contributed by atoms with Gasteiger partial charge in [0.05, 0.1) is 5.69 Å². The van der Waals surface area contributed by atoms with Crippen LogP contribution in [0.15, 0.2) is 53.6 Å². The maximum absolute atomic E-state index is 12.3. The van der Waals surface area contributed by atoms with Gasteiger partial charge >= 0.3 is 0 Å². The highest BCUT2D eigenvalue weighted by Crippen LogP contribution is 2.21. The minimum Gasteiger partial charge on any atom is -0.484 e. The van der Waals surface area contributed by atoms with E-state index in [9.17, 15) is 4.79 Å². The molecule has 0 aliphatic carbocycles. The van der Waals surface area contributed by atoms with Crippen LogP contribution in [0.1, 0.15) is 0 Å². The quantitative estimate of drug-likeness (QED) is 0.869. The van der Waals surface area contributed by atoms with Crippen molar-refractivity contribution in [1.29, 1.82) is 0 Å². The molecule has 2 aromatic rings. The maximum Gasteiger partial charge on any atom is 0.264 e. The van der Waals surface area contributed by atoms with Gasteiger partial charge in [-0.05, 0) is 36.4 Å². The molecule has 0 aromatic heterocycles. The molecule has 7 nitrogen and oxygen atoms in total. The standard InChI is InChI=1S/C16H16ClN5O2/c1-21(13-7-5-12(17)6-8-13)16(23)10-24-15-4-2-3-14(9-15)22-11-18-19-20-22/h2-9,11,19-20H,10H2,1H3. The predicted molar refractivity (Wildman–Crippen MR) is 94.0 cm³/mol. The molecule has 1 amide bonds. The summed E-state index contributed by atoms with van der Waals surface area (Å²) in [5, 5.41) is 6.15. The predicted octanol–water partition coefficient (Wildman–Crippen LogP) is 2.15. The van der Waals surface area contributed by atoms with E-state index in [0.29, 0.717) is 10.8 Å². The van der Waals surface area contributed by atoms with Gasteiger partial charge in [-0.15, -0.1) is 5.53 Å². The lowest BCUT2D eigenvalue weighted by Crippen LogP contribution is -2.37. The third kappa shape index (κ3) is 3.76. The second-order valence-corrected chi connectivity index (χ2v) is 5.49. The third-order valence-corrected chi connectivity index (χ3v) is 3.71. The first-order valence-corrected chi connectivity index (χ1v) is 7.59. The number of carbonyl (C=O) groups is 1. The summed E-state index contributed by atoms with van der Waals surface area (Å²) in [5.74, 6) is 0.428. The van der Waals surface area contributed by atoms with Gasteiger partial charge in [0.25, 0.3) is 5.91 Å². The number of nitrogens with one attached hydrogen (secondary N) is 2. The van der Waals surface area contributed by atoms with Gasteiger partial charge in [0.15, 0.2) is 6.61 Å². The molecule has 24 heavy (non-hydrogen) atoms. The van der Waals surface area contributed by atoms with Gasteiger partial charge in [-0.25, -0.2) is 10.5 Å². The van der Waals surface area contributed by atoms with Gasteiger partial charge in [-0.3, -0.25) is 4.79 Å². The highest BCUT2D eigenvalue weighted by atomic mass is 35.5. The number of nitrogens with zero attached hydrogens (tertiary/aromatic N) is 3. The second-order valence-electron chi connectivity index (χ2n) is 5.05. The molecule has 0 saturated heterocycles. The number of amides is 1. The SMILES string of the molecule is CN(C(=O)COc1cccc(N2C=NNN2)c1)c1ccc(Cl)cc1. The topological polar surface area (TPSA) is 69.2 Å². The summed E-state index contributed by atoms with van der Waals surface area (Å²) in [4.78, 5) is 13.8. The number of ether oxygens (including phenoxy) is 1. The summed E-state index contributed by atoms with van der Waals surface area (Å²) >= 11 is 5.85. The Hall–Kier alpha value is -2.77. The van der Waals surface area contributed by atoms with Crippen molar-refractivity contribution in [2.75, 3.05) is 23.6 Å². The molecule has 0 atom stereocenters. The van der Waals surface area contributed by atoms with E-state index in [0.717, 1.165) is 11.4 Å². The van der Waals surface area contributed by atoms with E-state index < -0.39 is 0 Å². The minimum absolute atomic E-state index is 0.0671. The van der Waals surface area contributed by atoms with Crippen LogP contribution in [0.3, 0.4) is 0 Å². The largest absolute Gasteiger partial charge is 0.484 e. The monoisotopic (exact) mass is 345 g/mol. The van der Waals surface area contributed by atoms with Crippen LogP contribution in [0, 0.1) is 0 Å². The lowest BCUT2D eigenvalue weighted by Gasteiger charge is -2.18. The Morgan fingerprint density at radius 2 is 2.08 bits per heavy atom. The third-order valence-electron chi connectivity index (χ3n) is 3.45. The molecular weight excluding hydrogens is 330 g/mol. The molecule has 3 rings (SSSR count). The van der Waals surface area contributed by atoms with E-state index in [2.05, 4.69) is 16.2 Å². The van der Waals surface area contributed by atoms with Gasteiger partial charge in [0.1, 0.15) is 12.1 Å². The Morgan fingerprint density at radius 1 is 1.29 bits per heavy atom. The number of hydrogen-bond acceptors (Lipinski definition) is 6. The summed E-state index contributed by atoms with van der Waals surface area (Å²) in [7, 11) is 1.70. The fourth-order valence-electron chi connectivity index (χ4n) is 2.10. The number of hydrazone groups is 1. The number of carbonyl (C=O) groups excluding carboxylic acids is 1. The average Bonchev–Trinajstić information content (AvgIpc) is 3.15. The molecule has 0 bridgehead atoms. The van der Waals surface area contributed by atoms with Crippen molar-refractivity contribution in [2.24, 2.45) is 5.10 Å². The Labute approximate surface area is 144 Å². The van der Waals surface area contributed by atoms with Crippen LogP contribution in [-0.4, -0.2) is 25.9 Å². The number of anilines is 2. The smallest absolute Gasteiger partial charge is 0.264 e. The van der Waals surface area contributed by atoms with E-state index in [-0.39, 0.29) is 12.5 Å². The van der Waals surface area contributed by atoms with Crippen LogP contribution in [0.25, 0.3) is 0 Å². The van der Waals surface area contributed by atoms with Crippen LogP contribution < -0.4 is 25.7 Å². The van der Waals surface area contributed by atoms with Crippen molar-refractivity contribution >= 4 is 35.2 Å². The molecule has 1 aliphatic heterocycles. The molecule has 1 aliphatic rings. The summed E-state index contributed by atoms with van der Waals surface area (Å²) in [6.45, 7) is -0.0671. The molecule has 1 heterocycles. The number of benzene rings is 2. The van der Waals surface area contributed by atoms with E-state index in [1.54, 1.807) is 48.7 Å². The van der Waals surface area contributed by atoms with Crippen molar-refractivity contribution in [1.82, 2.24) is 11.1 Å². The molecule has 0 spiro atoms. The highest BCUT2D eigenvalue weighted by molar-refractivity contribution is 6.30. The number of halogens is 1. The van der Waals surface area contributed by atoms with Crippen molar-refractivity contribution in [3.63, 3.8) is 0 Å². The number of hydrogen-bond donors (Lipinski definition) is 2. The lowest BCUT2D eigenvalue weighted by molar-refractivity contribution is -0.120. The molecule has 0 unspecified atom stereocenters. The normalized spacial score (nSPS) is 12.8. The van der Waals surface area contributed by atoms with E-state index >= 15 is 0 Å². The maximum atomic E-state index is 12.3. The molecule has 0 radical (unpaired) electrons. The summed E-state index contributed by atoms with van der Waals surface area (Å²) in [6, 6.07) is 14.4. The van der Waals surface area contributed by atoms with Gasteiger partial charge in [0, 0.05) is 23.8 Å². The van der Waals surface area contributed by atoms with Crippen LogP contribution in [-0.2, 0) is 4.79 Å². The van der Waals surface area contributed by atoms with Crippen molar-refractivity contribution in [3.8, 4) is 5.75 Å². The van der Waals surface area contributed by atoms with E-state index in [4.69, 9.17) is 16.3 Å². The zero-order valence-electron chi connectivity index (χ0n) is 12.9. The molecule has 124 valence electrons. The zero-order chi connectivity index (χ0) is 16.9. The molecular formula is C16H16ClN5O2. The summed E-state index contributed by atoms with van der Waals surface area (Å²) in [5.41, 5.74) is 7.03. The van der Waals surface area contributed by atoms with Gasteiger partial charge in [-0.1, -0.05) is 17.7 Å². The molecule has 0 fully saturated rings. The molecule has 0 saturated carbocycles. The fourth-order valence-corrected chi connectivity index (χ4v) is 2.23. The summed E-state index contributed by atoms with van der Waals surface area (Å²) < 4.78 is 5.60. The van der Waals surface area contributed by atoms with Crippen LogP contribution in [0.4, 0.5) is 11.4 Å². The van der Waals surface area contributed by atoms with Crippen molar-refractivity contribution < 1.29 is 9.53 Å². The van der Waals surface area contributed by atoms with Crippen molar-refractivity contribution in [3.05, 3.63) is 53.6 Å². The summed E-state index contributed by atoms with van der Waals surface area (Å²) in [6.07, 6.45) is 1.60. The Bertz CT molecular complexity index is 750. The molecule has 2 N–H and O–H groups in total.